The lowest BCUT2D eigenvalue weighted by Gasteiger charge is -2.14. The van der Waals surface area contributed by atoms with Crippen LogP contribution in [0.25, 0.3) is 0 Å². The standard InChI is InChI=1S/C11H17NO/c1-7-5-10(9(3)12-4)11(13)6-8(7)2/h5-6,9,12-13H,1-4H3/t9-/m1/s1. The van der Waals surface area contributed by atoms with Crippen LogP contribution in [0, 0.1) is 13.8 Å². The Morgan fingerprint density at radius 1 is 1.23 bits per heavy atom. The van der Waals surface area contributed by atoms with Gasteiger partial charge in [0.05, 0.1) is 0 Å². The minimum absolute atomic E-state index is 0.194. The van der Waals surface area contributed by atoms with Gasteiger partial charge in [0.25, 0.3) is 0 Å². The molecule has 2 nitrogen and oxygen atoms in total. The second-order valence-corrected chi connectivity index (χ2v) is 3.51. The molecule has 0 unspecified atom stereocenters. The average molecular weight is 179 g/mol. The molecule has 0 radical (unpaired) electrons. The van der Waals surface area contributed by atoms with Crippen LogP contribution in [-0.2, 0) is 0 Å². The molecule has 2 heteroatoms. The molecule has 0 aromatic heterocycles. The Kier molecular flexibility index (Phi) is 2.94. The summed E-state index contributed by atoms with van der Waals surface area (Å²) in [6.07, 6.45) is 0. The molecule has 0 aliphatic carbocycles. The number of hydrogen-bond donors (Lipinski definition) is 2. The Hall–Kier alpha value is -1.02. The molecule has 0 bridgehead atoms. The van der Waals surface area contributed by atoms with E-state index in [1.54, 1.807) is 0 Å². The third-order valence-electron chi connectivity index (χ3n) is 2.54. The Bertz CT molecular complexity index is 307. The fourth-order valence-electron chi connectivity index (χ4n) is 1.33. The number of benzene rings is 1. The molecule has 1 atom stereocenters. The van der Waals surface area contributed by atoms with E-state index in [2.05, 4.69) is 12.2 Å². The predicted octanol–water partition coefficient (Wildman–Crippen LogP) is 2.29. The van der Waals surface area contributed by atoms with E-state index in [4.69, 9.17) is 0 Å². The van der Waals surface area contributed by atoms with Gasteiger partial charge in [-0.2, -0.15) is 0 Å². The van der Waals surface area contributed by atoms with E-state index in [0.717, 1.165) is 11.1 Å². The van der Waals surface area contributed by atoms with Crippen LogP contribution in [0.4, 0.5) is 0 Å². The van der Waals surface area contributed by atoms with Crippen LogP contribution in [0.2, 0.25) is 0 Å². The summed E-state index contributed by atoms with van der Waals surface area (Å²) in [6.45, 7) is 6.09. The summed E-state index contributed by atoms with van der Waals surface area (Å²) in [4.78, 5) is 0. The van der Waals surface area contributed by atoms with Crippen molar-refractivity contribution in [1.29, 1.82) is 0 Å². The summed E-state index contributed by atoms with van der Waals surface area (Å²) in [5.41, 5.74) is 3.31. The monoisotopic (exact) mass is 179 g/mol. The highest BCUT2D eigenvalue weighted by Gasteiger charge is 2.09. The molecule has 0 saturated carbocycles. The van der Waals surface area contributed by atoms with E-state index in [0.29, 0.717) is 5.75 Å². The van der Waals surface area contributed by atoms with Crippen molar-refractivity contribution < 1.29 is 5.11 Å². The molecular weight excluding hydrogens is 162 g/mol. The van der Waals surface area contributed by atoms with Gasteiger partial charge in [0.15, 0.2) is 0 Å². The zero-order valence-corrected chi connectivity index (χ0v) is 8.68. The van der Waals surface area contributed by atoms with Crippen LogP contribution >= 0.6 is 0 Å². The van der Waals surface area contributed by atoms with E-state index < -0.39 is 0 Å². The first kappa shape index (κ1) is 10.1. The van der Waals surface area contributed by atoms with Crippen LogP contribution in [0.1, 0.15) is 29.7 Å². The first-order valence-corrected chi connectivity index (χ1v) is 4.53. The molecule has 1 aromatic carbocycles. The van der Waals surface area contributed by atoms with Gasteiger partial charge in [-0.15, -0.1) is 0 Å². The molecule has 1 rings (SSSR count). The molecule has 2 N–H and O–H groups in total. The van der Waals surface area contributed by atoms with Gasteiger partial charge in [0, 0.05) is 11.6 Å². The van der Waals surface area contributed by atoms with Gasteiger partial charge in [0.2, 0.25) is 0 Å². The lowest BCUT2D eigenvalue weighted by atomic mass is 10.0. The summed E-state index contributed by atoms with van der Waals surface area (Å²) in [5, 5.41) is 12.8. The van der Waals surface area contributed by atoms with Crippen LogP contribution < -0.4 is 5.32 Å². The number of nitrogens with one attached hydrogen (secondary N) is 1. The number of rotatable bonds is 2. The van der Waals surface area contributed by atoms with Crippen molar-refractivity contribution in [3.8, 4) is 5.75 Å². The maximum absolute atomic E-state index is 9.68. The zero-order chi connectivity index (χ0) is 10.0. The van der Waals surface area contributed by atoms with E-state index in [1.807, 2.05) is 33.0 Å². The van der Waals surface area contributed by atoms with Gasteiger partial charge in [0.1, 0.15) is 5.75 Å². The Labute approximate surface area is 79.6 Å². The lowest BCUT2D eigenvalue weighted by molar-refractivity contribution is 0.457. The molecule has 0 saturated heterocycles. The summed E-state index contributed by atoms with van der Waals surface area (Å²) < 4.78 is 0. The molecule has 0 aliphatic heterocycles. The van der Waals surface area contributed by atoms with E-state index in [9.17, 15) is 5.11 Å². The maximum Gasteiger partial charge on any atom is 0.120 e. The second-order valence-electron chi connectivity index (χ2n) is 3.51. The van der Waals surface area contributed by atoms with Gasteiger partial charge >= 0.3 is 0 Å². The van der Waals surface area contributed by atoms with Crippen molar-refractivity contribution in [2.75, 3.05) is 7.05 Å². The van der Waals surface area contributed by atoms with E-state index >= 15 is 0 Å². The molecule has 0 amide bonds. The van der Waals surface area contributed by atoms with E-state index in [1.165, 1.54) is 5.56 Å². The van der Waals surface area contributed by atoms with Crippen molar-refractivity contribution >= 4 is 0 Å². The van der Waals surface area contributed by atoms with Gasteiger partial charge in [-0.05, 0) is 45.0 Å². The lowest BCUT2D eigenvalue weighted by Crippen LogP contribution is -2.12. The van der Waals surface area contributed by atoms with Crippen molar-refractivity contribution in [3.05, 3.63) is 28.8 Å². The quantitative estimate of drug-likeness (QED) is 0.730. The average Bonchev–Trinajstić information content (AvgIpc) is 2.10. The molecule has 13 heavy (non-hydrogen) atoms. The van der Waals surface area contributed by atoms with Crippen molar-refractivity contribution in [2.24, 2.45) is 0 Å². The van der Waals surface area contributed by atoms with Gasteiger partial charge < -0.3 is 10.4 Å². The van der Waals surface area contributed by atoms with Crippen molar-refractivity contribution in [2.45, 2.75) is 26.8 Å². The number of phenolic OH excluding ortho intramolecular Hbond substituents is 1. The van der Waals surface area contributed by atoms with Crippen LogP contribution in [0.3, 0.4) is 0 Å². The minimum atomic E-state index is 0.194. The number of phenols is 1. The fraction of sp³-hybridized carbons (Fsp3) is 0.455. The molecule has 0 heterocycles. The van der Waals surface area contributed by atoms with Crippen molar-refractivity contribution in [1.82, 2.24) is 5.32 Å². The third kappa shape index (κ3) is 2.01. The topological polar surface area (TPSA) is 32.3 Å². The first-order chi connectivity index (χ1) is 6.06. The highest BCUT2D eigenvalue weighted by molar-refractivity contribution is 5.42. The summed E-state index contributed by atoms with van der Waals surface area (Å²) in [7, 11) is 1.89. The fourth-order valence-corrected chi connectivity index (χ4v) is 1.33. The van der Waals surface area contributed by atoms with E-state index in [-0.39, 0.29) is 6.04 Å². The second kappa shape index (κ2) is 3.79. The summed E-state index contributed by atoms with van der Waals surface area (Å²) >= 11 is 0. The van der Waals surface area contributed by atoms with Gasteiger partial charge in [-0.25, -0.2) is 0 Å². The Morgan fingerprint density at radius 3 is 2.31 bits per heavy atom. The molecule has 0 aliphatic rings. The smallest absolute Gasteiger partial charge is 0.120 e. The van der Waals surface area contributed by atoms with Gasteiger partial charge in [-0.1, -0.05) is 6.07 Å². The van der Waals surface area contributed by atoms with Crippen LogP contribution in [0.5, 0.6) is 5.75 Å². The molecule has 0 fully saturated rings. The first-order valence-electron chi connectivity index (χ1n) is 4.53. The zero-order valence-electron chi connectivity index (χ0n) is 8.68. The largest absolute Gasteiger partial charge is 0.508 e. The van der Waals surface area contributed by atoms with Crippen molar-refractivity contribution in [3.63, 3.8) is 0 Å². The maximum atomic E-state index is 9.68. The van der Waals surface area contributed by atoms with Gasteiger partial charge in [-0.3, -0.25) is 0 Å². The summed E-state index contributed by atoms with van der Waals surface area (Å²) in [5.74, 6) is 0.380. The molecular formula is C11H17NO. The number of aryl methyl sites for hydroxylation is 2. The molecule has 0 spiro atoms. The molecule has 72 valence electrons. The number of hydrogen-bond acceptors (Lipinski definition) is 2. The highest BCUT2D eigenvalue weighted by Crippen LogP contribution is 2.26. The minimum Gasteiger partial charge on any atom is -0.508 e. The SMILES string of the molecule is CN[C@H](C)c1cc(C)c(C)cc1O. The molecule has 1 aromatic rings. The predicted molar refractivity (Wildman–Crippen MR) is 55.1 cm³/mol. The summed E-state index contributed by atoms with van der Waals surface area (Å²) in [6, 6.07) is 4.05. The normalized spacial score (nSPS) is 12.9. The third-order valence-corrected chi connectivity index (χ3v) is 2.54. The van der Waals surface area contributed by atoms with Crippen LogP contribution in [-0.4, -0.2) is 12.2 Å². The Balaban J connectivity index is 3.15. The number of aromatic hydroxyl groups is 1. The van der Waals surface area contributed by atoms with Crippen LogP contribution in [0.15, 0.2) is 12.1 Å². The Morgan fingerprint density at radius 2 is 1.77 bits per heavy atom. The highest BCUT2D eigenvalue weighted by atomic mass is 16.3.